The van der Waals surface area contributed by atoms with E-state index in [0.29, 0.717) is 0 Å². The molecular weight excluding hydrogens is 480 g/mol. The van der Waals surface area contributed by atoms with Gasteiger partial charge in [0.1, 0.15) is 0 Å². The standard InChI is InChI=1S/Ir.3Mo. The summed E-state index contributed by atoms with van der Waals surface area (Å²) in [4.78, 5) is 0. The van der Waals surface area contributed by atoms with Crippen LogP contribution in [0.2, 0.25) is 0 Å². The molecule has 0 saturated carbocycles. The molecule has 27 valence electrons. The van der Waals surface area contributed by atoms with Gasteiger partial charge in [-0.05, 0) is 0 Å². The summed E-state index contributed by atoms with van der Waals surface area (Å²) < 4.78 is 0. The average Bonchev–Trinajstić information content (AvgIpc) is 0. The van der Waals surface area contributed by atoms with Crippen molar-refractivity contribution in [3.8, 4) is 0 Å². The van der Waals surface area contributed by atoms with Gasteiger partial charge in [0.2, 0.25) is 0 Å². The van der Waals surface area contributed by atoms with Gasteiger partial charge in [0.05, 0.1) is 0 Å². The average molecular weight is 480 g/mol. The molecule has 0 fully saturated rings. The predicted octanol–water partition coefficient (Wildman–Crippen LogP) is -0.0100. The summed E-state index contributed by atoms with van der Waals surface area (Å²) >= 11 is 0. The van der Waals surface area contributed by atoms with Gasteiger partial charge in [-0.15, -0.1) is 0 Å². The number of hydrogen-bond donors (Lipinski definition) is 0. The van der Waals surface area contributed by atoms with E-state index >= 15 is 0 Å². The summed E-state index contributed by atoms with van der Waals surface area (Å²) in [6.07, 6.45) is 0. The Balaban J connectivity index is 0. The second-order valence-corrected chi connectivity index (χ2v) is 0. The van der Waals surface area contributed by atoms with Gasteiger partial charge in [-0.25, -0.2) is 0 Å². The third-order valence-electron chi connectivity index (χ3n) is 0. The van der Waals surface area contributed by atoms with Gasteiger partial charge in [0.15, 0.2) is 0 Å². The zero-order valence-corrected chi connectivity index (χ0v) is 9.97. The topological polar surface area (TPSA) is 0 Å². The number of hydrogen-bond acceptors (Lipinski definition) is 0. The van der Waals surface area contributed by atoms with Crippen molar-refractivity contribution in [3.63, 3.8) is 0 Å². The van der Waals surface area contributed by atoms with E-state index in [4.69, 9.17) is 0 Å². The summed E-state index contributed by atoms with van der Waals surface area (Å²) in [5.41, 5.74) is 0. The Morgan fingerprint density at radius 2 is 0.500 bits per heavy atom. The molecular formula is IrMo3. The molecule has 0 aromatic carbocycles. The van der Waals surface area contributed by atoms with E-state index in [2.05, 4.69) is 0 Å². The predicted molar refractivity (Wildman–Crippen MR) is 0 cm³/mol. The molecule has 0 unspecified atom stereocenters. The van der Waals surface area contributed by atoms with E-state index in [1.165, 1.54) is 0 Å². The van der Waals surface area contributed by atoms with Crippen molar-refractivity contribution in [1.82, 2.24) is 0 Å². The minimum Gasteiger partial charge on any atom is 0 e. The van der Waals surface area contributed by atoms with Gasteiger partial charge in [-0.2, -0.15) is 0 Å². The Hall–Kier alpha value is 2.71. The Bertz CT molecular complexity index is 3.25. The van der Waals surface area contributed by atoms with Crippen molar-refractivity contribution >= 4 is 0 Å². The fourth-order valence-corrected chi connectivity index (χ4v) is 0. The first kappa shape index (κ1) is 29.8. The molecule has 0 bridgehead atoms. The van der Waals surface area contributed by atoms with Crippen LogP contribution < -0.4 is 0 Å². The van der Waals surface area contributed by atoms with E-state index in [-0.39, 0.29) is 83.3 Å². The summed E-state index contributed by atoms with van der Waals surface area (Å²) in [6.45, 7) is 0. The van der Waals surface area contributed by atoms with Crippen LogP contribution in [0.1, 0.15) is 0 Å². The van der Waals surface area contributed by atoms with Gasteiger partial charge in [0, 0.05) is 83.3 Å². The third-order valence-corrected chi connectivity index (χ3v) is 0. The molecule has 0 aliphatic carbocycles. The molecule has 0 N–H and O–H groups in total. The van der Waals surface area contributed by atoms with Crippen LogP contribution >= 0.6 is 0 Å². The minimum atomic E-state index is 0. The van der Waals surface area contributed by atoms with E-state index in [1.807, 2.05) is 0 Å². The van der Waals surface area contributed by atoms with Crippen LogP contribution in [0.25, 0.3) is 0 Å². The van der Waals surface area contributed by atoms with Crippen molar-refractivity contribution in [2.75, 3.05) is 0 Å². The zero-order chi connectivity index (χ0) is 0. The largest absolute Gasteiger partial charge is 0 e. The van der Waals surface area contributed by atoms with Crippen LogP contribution in [0.4, 0.5) is 0 Å². The first-order chi connectivity index (χ1) is 0. The Labute approximate surface area is 82.0 Å². The summed E-state index contributed by atoms with van der Waals surface area (Å²) in [5.74, 6) is 0. The number of rotatable bonds is 0. The molecule has 0 atom stereocenters. The SMILES string of the molecule is [Ir].[Mo].[Mo].[Mo]. The zero-order valence-electron chi connectivity index (χ0n) is 1.56. The molecule has 0 aliphatic heterocycles. The first-order valence-electron chi connectivity index (χ1n) is 0. The van der Waals surface area contributed by atoms with Gasteiger partial charge in [0.25, 0.3) is 0 Å². The smallest absolute Gasteiger partial charge is 0 e. The second-order valence-electron chi connectivity index (χ2n) is 0. The first-order valence-corrected chi connectivity index (χ1v) is 0. The molecule has 0 nitrogen and oxygen atoms in total. The molecule has 0 aromatic rings. The summed E-state index contributed by atoms with van der Waals surface area (Å²) in [5, 5.41) is 0. The van der Waals surface area contributed by atoms with E-state index in [1.54, 1.807) is 0 Å². The fraction of sp³-hybridized carbons (Fsp3) is 0. The monoisotopic (exact) mass is 487 g/mol. The van der Waals surface area contributed by atoms with Crippen LogP contribution in [-0.4, -0.2) is 0 Å². The molecule has 0 saturated heterocycles. The van der Waals surface area contributed by atoms with Crippen molar-refractivity contribution in [3.05, 3.63) is 0 Å². The molecule has 0 heterocycles. The van der Waals surface area contributed by atoms with E-state index in [9.17, 15) is 0 Å². The van der Waals surface area contributed by atoms with Crippen molar-refractivity contribution in [1.29, 1.82) is 0 Å². The maximum Gasteiger partial charge on any atom is 0 e. The van der Waals surface area contributed by atoms with Crippen LogP contribution in [-0.2, 0) is 83.3 Å². The molecule has 4 heavy (non-hydrogen) atoms. The molecule has 4 heteroatoms. The molecule has 0 aromatic heterocycles. The normalized spacial score (nSPS) is 0. The van der Waals surface area contributed by atoms with Gasteiger partial charge in [-0.3, -0.25) is 0 Å². The Morgan fingerprint density at radius 3 is 0.500 bits per heavy atom. The van der Waals surface area contributed by atoms with Crippen molar-refractivity contribution in [2.24, 2.45) is 0 Å². The maximum absolute atomic E-state index is 0. The van der Waals surface area contributed by atoms with Crippen LogP contribution in [0.15, 0.2) is 0 Å². The van der Waals surface area contributed by atoms with E-state index < -0.39 is 0 Å². The fourth-order valence-electron chi connectivity index (χ4n) is 0. The van der Waals surface area contributed by atoms with Crippen molar-refractivity contribution in [2.45, 2.75) is 0 Å². The quantitative estimate of drug-likeness (QED) is 0.429. The third kappa shape index (κ3) is 8.83. The van der Waals surface area contributed by atoms with Crippen LogP contribution in [0, 0.1) is 0 Å². The van der Waals surface area contributed by atoms with Crippen LogP contribution in [0.3, 0.4) is 0 Å². The molecule has 0 aliphatic rings. The Morgan fingerprint density at radius 1 is 0.500 bits per heavy atom. The summed E-state index contributed by atoms with van der Waals surface area (Å²) in [7, 11) is 0. The van der Waals surface area contributed by atoms with E-state index in [0.717, 1.165) is 0 Å². The van der Waals surface area contributed by atoms with Crippen LogP contribution in [0.5, 0.6) is 0 Å². The van der Waals surface area contributed by atoms with Gasteiger partial charge >= 0.3 is 0 Å². The molecule has 1 radical (unpaired) electrons. The Kier molecular flexibility index (Phi) is 128. The molecule has 0 rings (SSSR count). The van der Waals surface area contributed by atoms with Gasteiger partial charge < -0.3 is 0 Å². The van der Waals surface area contributed by atoms with Crippen molar-refractivity contribution < 1.29 is 83.3 Å². The second kappa shape index (κ2) is 17.2. The summed E-state index contributed by atoms with van der Waals surface area (Å²) in [6, 6.07) is 0. The molecule has 0 spiro atoms. The molecule has 0 amide bonds. The minimum absolute atomic E-state index is 0. The maximum atomic E-state index is 0. The van der Waals surface area contributed by atoms with Gasteiger partial charge in [-0.1, -0.05) is 0 Å².